The molecular weight excluding hydrogens is 418 g/mol. The second-order valence-corrected chi connectivity index (χ2v) is 7.25. The van der Waals surface area contributed by atoms with Crippen LogP contribution in [-0.2, 0) is 0 Å². The number of anilines is 1. The number of carbonyl (C=O) groups excluding carboxylic acids is 1. The van der Waals surface area contributed by atoms with Gasteiger partial charge in [0.1, 0.15) is 11.3 Å². The van der Waals surface area contributed by atoms with E-state index in [-0.39, 0.29) is 11.7 Å². The second-order valence-electron chi connectivity index (χ2n) is 6.36. The minimum absolute atomic E-state index is 0.107. The number of nitrogens with zero attached hydrogens (tertiary/aromatic N) is 4. The molecule has 10 heteroatoms. The molecule has 158 valence electrons. The van der Waals surface area contributed by atoms with Crippen molar-refractivity contribution in [2.75, 3.05) is 27.1 Å². The minimum atomic E-state index is -0.262. The van der Waals surface area contributed by atoms with Gasteiger partial charge in [-0.1, -0.05) is 0 Å². The third-order valence-electron chi connectivity index (χ3n) is 4.60. The SMILES string of the molecule is COc1cc(C(=O)c2cc(-c3nccs3)ccc2-n2cnc(N)n2)cc(OC)c1OC. The fourth-order valence-electron chi connectivity index (χ4n) is 3.18. The second kappa shape index (κ2) is 8.44. The van der Waals surface area contributed by atoms with E-state index >= 15 is 0 Å². The molecule has 0 aliphatic rings. The zero-order valence-corrected chi connectivity index (χ0v) is 17.8. The van der Waals surface area contributed by atoms with E-state index in [1.807, 2.05) is 11.4 Å². The number of rotatable bonds is 7. The van der Waals surface area contributed by atoms with Gasteiger partial charge in [0.25, 0.3) is 0 Å². The highest BCUT2D eigenvalue weighted by Crippen LogP contribution is 2.39. The van der Waals surface area contributed by atoms with Gasteiger partial charge >= 0.3 is 0 Å². The average Bonchev–Trinajstić information content (AvgIpc) is 3.49. The van der Waals surface area contributed by atoms with Gasteiger partial charge in [-0.25, -0.2) is 14.6 Å². The zero-order chi connectivity index (χ0) is 22.0. The molecular formula is C21H19N5O4S. The molecule has 0 aliphatic heterocycles. The van der Waals surface area contributed by atoms with E-state index in [0.29, 0.717) is 34.1 Å². The summed E-state index contributed by atoms with van der Waals surface area (Å²) in [5, 5.41) is 6.83. The Morgan fingerprint density at radius 2 is 1.77 bits per heavy atom. The van der Waals surface area contributed by atoms with Gasteiger partial charge in [-0.05, 0) is 30.3 Å². The first-order chi connectivity index (χ1) is 15.0. The molecule has 9 nitrogen and oxygen atoms in total. The normalized spacial score (nSPS) is 10.7. The average molecular weight is 437 g/mol. The monoisotopic (exact) mass is 437 g/mol. The Balaban J connectivity index is 1.89. The maximum atomic E-state index is 13.6. The van der Waals surface area contributed by atoms with E-state index in [9.17, 15) is 4.79 Å². The van der Waals surface area contributed by atoms with E-state index in [4.69, 9.17) is 19.9 Å². The van der Waals surface area contributed by atoms with Crippen molar-refractivity contribution in [1.82, 2.24) is 19.7 Å². The Hall–Kier alpha value is -3.92. The molecule has 0 amide bonds. The molecule has 0 aliphatic carbocycles. The van der Waals surface area contributed by atoms with Gasteiger partial charge in [0.2, 0.25) is 11.7 Å². The highest BCUT2D eigenvalue weighted by Gasteiger charge is 2.22. The first-order valence-corrected chi connectivity index (χ1v) is 9.99. The van der Waals surface area contributed by atoms with Gasteiger partial charge in [0.05, 0.1) is 27.0 Å². The fourth-order valence-corrected chi connectivity index (χ4v) is 3.81. The van der Waals surface area contributed by atoms with E-state index in [1.165, 1.54) is 43.7 Å². The summed E-state index contributed by atoms with van der Waals surface area (Å²) in [6.45, 7) is 0. The van der Waals surface area contributed by atoms with E-state index in [2.05, 4.69) is 15.1 Å². The van der Waals surface area contributed by atoms with Gasteiger partial charge in [-0.2, -0.15) is 0 Å². The minimum Gasteiger partial charge on any atom is -0.493 e. The molecule has 4 aromatic rings. The molecule has 2 heterocycles. The van der Waals surface area contributed by atoms with Crippen LogP contribution >= 0.6 is 11.3 Å². The zero-order valence-electron chi connectivity index (χ0n) is 17.0. The third-order valence-corrected chi connectivity index (χ3v) is 5.43. The predicted molar refractivity (Wildman–Crippen MR) is 116 cm³/mol. The molecule has 2 N–H and O–H groups in total. The van der Waals surface area contributed by atoms with Crippen LogP contribution in [0.5, 0.6) is 17.2 Å². The van der Waals surface area contributed by atoms with Crippen LogP contribution in [0.2, 0.25) is 0 Å². The van der Waals surface area contributed by atoms with Gasteiger partial charge in [-0.15, -0.1) is 16.4 Å². The van der Waals surface area contributed by atoms with Crippen LogP contribution in [0.4, 0.5) is 5.95 Å². The molecule has 0 spiro atoms. The van der Waals surface area contributed by atoms with Crippen molar-refractivity contribution in [2.45, 2.75) is 0 Å². The number of carbonyl (C=O) groups is 1. The molecule has 0 saturated heterocycles. The lowest BCUT2D eigenvalue weighted by molar-refractivity contribution is 0.103. The van der Waals surface area contributed by atoms with Gasteiger partial charge in [0.15, 0.2) is 17.3 Å². The number of hydrogen-bond acceptors (Lipinski definition) is 9. The predicted octanol–water partition coefficient (Wildman–Crippen LogP) is 3.23. The number of nitrogens with two attached hydrogens (primary N) is 1. The lowest BCUT2D eigenvalue weighted by Gasteiger charge is -2.15. The van der Waals surface area contributed by atoms with Crippen molar-refractivity contribution < 1.29 is 19.0 Å². The highest BCUT2D eigenvalue weighted by atomic mass is 32.1. The van der Waals surface area contributed by atoms with E-state index < -0.39 is 0 Å². The number of aromatic nitrogens is 4. The Labute approximate surface area is 182 Å². The number of nitrogen functional groups attached to an aromatic ring is 1. The molecule has 0 atom stereocenters. The van der Waals surface area contributed by atoms with Crippen molar-refractivity contribution in [3.8, 4) is 33.5 Å². The Kier molecular flexibility index (Phi) is 5.54. The van der Waals surface area contributed by atoms with Crippen molar-refractivity contribution in [3.63, 3.8) is 0 Å². The lowest BCUT2D eigenvalue weighted by atomic mass is 9.98. The number of ether oxygens (including phenoxy) is 3. The quantitative estimate of drug-likeness (QED) is 0.438. The molecule has 31 heavy (non-hydrogen) atoms. The van der Waals surface area contributed by atoms with Crippen molar-refractivity contribution >= 4 is 23.1 Å². The summed E-state index contributed by atoms with van der Waals surface area (Å²) in [6.07, 6.45) is 3.17. The standard InChI is InChI=1S/C21H19N5O4S/c1-28-16-9-13(10-17(29-2)19(16)30-3)18(27)14-8-12(20-23-6-7-31-20)4-5-15(14)26-11-24-21(22)25-26/h4-11H,1-3H3,(H2,22,25). The molecule has 2 aromatic heterocycles. The molecule has 0 bridgehead atoms. The largest absolute Gasteiger partial charge is 0.493 e. The van der Waals surface area contributed by atoms with Crippen molar-refractivity contribution in [2.24, 2.45) is 0 Å². The highest BCUT2D eigenvalue weighted by molar-refractivity contribution is 7.13. The Bertz CT molecular complexity index is 1210. The summed E-state index contributed by atoms with van der Waals surface area (Å²) in [4.78, 5) is 22.0. The summed E-state index contributed by atoms with van der Waals surface area (Å²) in [6, 6.07) is 8.66. The van der Waals surface area contributed by atoms with Crippen LogP contribution in [0.25, 0.3) is 16.3 Å². The van der Waals surface area contributed by atoms with Crippen molar-refractivity contribution in [3.05, 3.63) is 59.4 Å². The number of methoxy groups -OCH3 is 3. The van der Waals surface area contributed by atoms with Crippen LogP contribution in [0, 0.1) is 0 Å². The van der Waals surface area contributed by atoms with Gasteiger partial charge in [-0.3, -0.25) is 4.79 Å². The van der Waals surface area contributed by atoms with Crippen molar-refractivity contribution in [1.29, 1.82) is 0 Å². The summed E-state index contributed by atoms with van der Waals surface area (Å²) in [7, 11) is 4.50. The van der Waals surface area contributed by atoms with Crippen LogP contribution in [-0.4, -0.2) is 46.9 Å². The fraction of sp³-hybridized carbons (Fsp3) is 0.143. The van der Waals surface area contributed by atoms with Crippen LogP contribution in [0.15, 0.2) is 48.2 Å². The van der Waals surface area contributed by atoms with E-state index in [0.717, 1.165) is 10.6 Å². The lowest BCUT2D eigenvalue weighted by Crippen LogP contribution is -2.10. The maximum Gasteiger partial charge on any atom is 0.239 e. The Morgan fingerprint density at radius 1 is 1.03 bits per heavy atom. The summed E-state index contributed by atoms with van der Waals surface area (Å²) >= 11 is 1.48. The molecule has 2 aromatic carbocycles. The summed E-state index contributed by atoms with van der Waals surface area (Å²) in [5.41, 5.74) is 7.78. The topological polar surface area (TPSA) is 114 Å². The third kappa shape index (κ3) is 3.80. The summed E-state index contributed by atoms with van der Waals surface area (Å²) in [5.74, 6) is 1.01. The van der Waals surface area contributed by atoms with Crippen LogP contribution in [0.1, 0.15) is 15.9 Å². The maximum absolute atomic E-state index is 13.6. The first kappa shape index (κ1) is 20.4. The molecule has 0 radical (unpaired) electrons. The molecule has 0 saturated carbocycles. The summed E-state index contributed by atoms with van der Waals surface area (Å²) < 4.78 is 17.6. The number of hydrogen-bond donors (Lipinski definition) is 1. The van der Waals surface area contributed by atoms with Crippen LogP contribution < -0.4 is 19.9 Å². The smallest absolute Gasteiger partial charge is 0.239 e. The van der Waals surface area contributed by atoms with Crippen LogP contribution in [0.3, 0.4) is 0 Å². The van der Waals surface area contributed by atoms with E-state index in [1.54, 1.807) is 30.5 Å². The Morgan fingerprint density at radius 3 is 2.32 bits per heavy atom. The first-order valence-electron chi connectivity index (χ1n) is 9.11. The molecule has 0 unspecified atom stereocenters. The van der Waals surface area contributed by atoms with Gasteiger partial charge < -0.3 is 19.9 Å². The number of ketones is 1. The number of thiazole rings is 1. The molecule has 0 fully saturated rings. The van der Waals surface area contributed by atoms with Gasteiger partial charge in [0, 0.05) is 28.3 Å². The number of benzene rings is 2. The molecule has 4 rings (SSSR count).